The first-order chi connectivity index (χ1) is 21.0. The molecule has 2 aliphatic rings. The maximum Gasteiger partial charge on any atom is 0.472 e. The summed E-state index contributed by atoms with van der Waals surface area (Å²) in [6.07, 6.45) is -7.49. The van der Waals surface area contributed by atoms with Crippen LogP contribution in [0.5, 0.6) is 0 Å². The Hall–Kier alpha value is -3.37. The van der Waals surface area contributed by atoms with Gasteiger partial charge in [0.2, 0.25) is 11.9 Å². The van der Waals surface area contributed by atoms with E-state index in [4.69, 9.17) is 39.5 Å². The van der Waals surface area contributed by atoms with Crippen molar-refractivity contribution in [2.24, 2.45) is 0 Å². The predicted molar refractivity (Wildman–Crippen MR) is 146 cm³/mol. The molecule has 0 spiro atoms. The lowest BCUT2D eigenvalue weighted by Gasteiger charge is -2.26. The van der Waals surface area contributed by atoms with E-state index in [9.17, 15) is 29.3 Å². The number of aliphatic hydroxyl groups is 2. The van der Waals surface area contributed by atoms with Crippen LogP contribution in [0, 0.1) is 0 Å². The van der Waals surface area contributed by atoms with Crippen LogP contribution >= 0.6 is 7.82 Å². The Bertz CT molecular complexity index is 1630. The zero-order chi connectivity index (χ0) is 31.8. The van der Waals surface area contributed by atoms with Crippen LogP contribution in [0.25, 0.3) is 11.2 Å². The normalized spacial score (nSPS) is 30.2. The number of nitrogens with zero attached hydrogens (tertiary/aromatic N) is 6. The Morgan fingerprint density at radius 3 is 2.34 bits per heavy atom. The number of nitrogens with one attached hydrogen (secondary N) is 1. The Morgan fingerprint density at radius 1 is 1.00 bits per heavy atom. The van der Waals surface area contributed by atoms with Crippen molar-refractivity contribution in [2.45, 2.75) is 62.9 Å². The number of phosphoric acid groups is 1. The van der Waals surface area contributed by atoms with Crippen molar-refractivity contribution in [3.05, 3.63) is 33.5 Å². The Balaban J connectivity index is 1.33. The fourth-order valence-electron chi connectivity index (χ4n) is 5.04. The van der Waals surface area contributed by atoms with Gasteiger partial charge < -0.3 is 45.5 Å². The molecule has 3 aromatic rings. The second kappa shape index (κ2) is 12.9. The summed E-state index contributed by atoms with van der Waals surface area (Å²) in [5.74, 6) is -0.454. The number of phosphoric ester groups is 1. The van der Waals surface area contributed by atoms with E-state index in [1.54, 1.807) is 13.8 Å². The van der Waals surface area contributed by atoms with Crippen LogP contribution in [0.2, 0.25) is 0 Å². The first-order valence-corrected chi connectivity index (χ1v) is 14.9. The van der Waals surface area contributed by atoms with Crippen molar-refractivity contribution in [1.29, 1.82) is 0 Å². The molecule has 0 saturated carbocycles. The van der Waals surface area contributed by atoms with Gasteiger partial charge in [0.05, 0.1) is 19.5 Å². The average Bonchev–Trinajstić information content (AvgIpc) is 3.62. The van der Waals surface area contributed by atoms with E-state index >= 15 is 0 Å². The highest BCUT2D eigenvalue weighted by Crippen LogP contribution is 2.50. The monoisotopic (exact) mass is 645 g/mol. The van der Waals surface area contributed by atoms with Gasteiger partial charge >= 0.3 is 13.5 Å². The van der Waals surface area contributed by atoms with Gasteiger partial charge in [-0.15, -0.1) is 0 Å². The molecule has 22 heteroatoms. The van der Waals surface area contributed by atoms with E-state index < -0.39 is 81.4 Å². The van der Waals surface area contributed by atoms with Crippen molar-refractivity contribution < 1.29 is 47.7 Å². The van der Waals surface area contributed by atoms with Gasteiger partial charge in [0.25, 0.3) is 5.56 Å². The number of aromatic amines is 1. The molecule has 2 aliphatic heterocycles. The number of aromatic nitrogens is 7. The summed E-state index contributed by atoms with van der Waals surface area (Å²) < 4.78 is 49.0. The molecule has 3 aromatic heterocycles. The molecule has 242 valence electrons. The summed E-state index contributed by atoms with van der Waals surface area (Å²) in [7, 11) is -4.97. The summed E-state index contributed by atoms with van der Waals surface area (Å²) in [6, 6.07) is 0. The molecular formula is C22H32N9O12P. The Morgan fingerprint density at radius 2 is 1.66 bits per heavy atom. The second-order valence-corrected chi connectivity index (χ2v) is 11.1. The van der Waals surface area contributed by atoms with Crippen LogP contribution in [0.3, 0.4) is 0 Å². The molecule has 2 saturated heterocycles. The lowest BCUT2D eigenvalue weighted by atomic mass is 10.1. The van der Waals surface area contributed by atoms with E-state index in [2.05, 4.69) is 24.9 Å². The minimum Gasteiger partial charge on any atom is -0.394 e. The lowest BCUT2D eigenvalue weighted by molar-refractivity contribution is -0.0745. The minimum absolute atomic E-state index is 0.0399. The number of hydrogen-bond acceptors (Lipinski definition) is 17. The number of anilines is 2. The SMILES string of the molecule is CCOC1C(OP(=O)(O)OC[C@H]2O[C@@H](n3cnc(N)nc3=O)[C@@H](OCC)[C@H]2O)[C@@H](CO)O[C@H]1n1cnc2c(=O)[nH]c(N)nc21. The van der Waals surface area contributed by atoms with Crippen molar-refractivity contribution in [2.75, 3.05) is 37.9 Å². The highest BCUT2D eigenvalue weighted by atomic mass is 31.2. The fraction of sp³-hybridized carbons (Fsp3) is 0.636. The molecule has 9 atom stereocenters. The van der Waals surface area contributed by atoms with Gasteiger partial charge in [-0.2, -0.15) is 9.97 Å². The molecular weight excluding hydrogens is 613 g/mol. The fourth-order valence-corrected chi connectivity index (χ4v) is 6.00. The van der Waals surface area contributed by atoms with Crippen LogP contribution in [0.4, 0.5) is 11.9 Å². The summed E-state index contributed by atoms with van der Waals surface area (Å²) >= 11 is 0. The number of rotatable bonds is 12. The quantitative estimate of drug-likeness (QED) is 0.110. The standard InChI is InChI=1S/C22H32N9O12P/c1-3-38-14-12(33)10(42-18(14)31-8-26-20(23)29-22(31)35)6-40-44(36,37)43-13-9(5-32)41-19(15(13)39-4-2)30-7-25-11-16(30)27-21(24)28-17(11)34/h7-10,12-15,18-19,32-33H,3-6H2,1-2H3,(H,36,37)(H2,23,29,35)(H3,24,27,28,34)/t9-,10-,12+,13?,14+,15?,18-,19-/m1/s1. The largest absolute Gasteiger partial charge is 0.472 e. The van der Waals surface area contributed by atoms with Crippen molar-refractivity contribution >= 4 is 30.9 Å². The number of H-pyrrole nitrogens is 1. The van der Waals surface area contributed by atoms with Crippen LogP contribution in [0.1, 0.15) is 26.3 Å². The summed E-state index contributed by atoms with van der Waals surface area (Å²) in [5, 5.41) is 20.9. The van der Waals surface area contributed by atoms with E-state index in [1.807, 2.05) is 0 Å². The Labute approximate surface area is 247 Å². The zero-order valence-corrected chi connectivity index (χ0v) is 24.3. The molecule has 0 aromatic carbocycles. The van der Waals surface area contributed by atoms with Crippen molar-refractivity contribution in [1.82, 2.24) is 34.1 Å². The van der Waals surface area contributed by atoms with E-state index in [1.165, 1.54) is 10.9 Å². The summed E-state index contributed by atoms with van der Waals surface area (Å²) in [4.78, 5) is 53.1. The topological polar surface area (TPSA) is 297 Å². The number of imidazole rings is 1. The Kier molecular flexibility index (Phi) is 9.41. The van der Waals surface area contributed by atoms with Crippen LogP contribution in [-0.2, 0) is 32.6 Å². The minimum atomic E-state index is -4.97. The number of fused-ring (bicyclic) bond motifs is 1. The number of hydrogen-bond donors (Lipinski definition) is 6. The van der Waals surface area contributed by atoms with Crippen molar-refractivity contribution in [3.8, 4) is 0 Å². The second-order valence-electron chi connectivity index (χ2n) is 9.66. The third-order valence-electron chi connectivity index (χ3n) is 6.90. The van der Waals surface area contributed by atoms with Gasteiger partial charge in [-0.3, -0.25) is 28.0 Å². The molecule has 21 nitrogen and oxygen atoms in total. The molecule has 44 heavy (non-hydrogen) atoms. The summed E-state index contributed by atoms with van der Waals surface area (Å²) in [5.41, 5.74) is 9.70. The van der Waals surface area contributed by atoms with Crippen LogP contribution < -0.4 is 22.7 Å². The van der Waals surface area contributed by atoms with Crippen LogP contribution in [-0.4, -0.2) is 112 Å². The highest BCUT2D eigenvalue weighted by molar-refractivity contribution is 7.47. The molecule has 2 fully saturated rings. The zero-order valence-electron chi connectivity index (χ0n) is 23.4. The number of nitrogen functional groups attached to an aromatic ring is 2. The number of aliphatic hydroxyl groups excluding tert-OH is 2. The smallest absolute Gasteiger partial charge is 0.394 e. The third kappa shape index (κ3) is 6.24. The lowest BCUT2D eigenvalue weighted by Crippen LogP contribution is -2.39. The first kappa shape index (κ1) is 32.0. The predicted octanol–water partition coefficient (Wildman–Crippen LogP) is -2.60. The van der Waals surface area contributed by atoms with E-state index in [0.717, 1.165) is 10.9 Å². The summed E-state index contributed by atoms with van der Waals surface area (Å²) in [6.45, 7) is 2.20. The van der Waals surface area contributed by atoms with Gasteiger partial charge in [0.1, 0.15) is 43.0 Å². The number of ether oxygens (including phenoxy) is 4. The third-order valence-corrected chi connectivity index (χ3v) is 7.88. The average molecular weight is 646 g/mol. The molecule has 3 unspecified atom stereocenters. The van der Waals surface area contributed by atoms with Gasteiger partial charge in [-0.05, 0) is 13.8 Å². The highest BCUT2D eigenvalue weighted by Gasteiger charge is 2.51. The maximum atomic E-state index is 13.2. The molecule has 0 aliphatic carbocycles. The van der Waals surface area contributed by atoms with Gasteiger partial charge in [-0.25, -0.2) is 19.3 Å². The molecule has 8 N–H and O–H groups in total. The molecule has 0 amide bonds. The van der Waals surface area contributed by atoms with E-state index in [0.29, 0.717) is 0 Å². The maximum absolute atomic E-state index is 13.2. The molecule has 0 bridgehead atoms. The molecule has 0 radical (unpaired) electrons. The van der Waals surface area contributed by atoms with Gasteiger partial charge in [0, 0.05) is 13.2 Å². The molecule has 5 heterocycles. The van der Waals surface area contributed by atoms with Gasteiger partial charge in [0.15, 0.2) is 23.6 Å². The van der Waals surface area contributed by atoms with Crippen molar-refractivity contribution in [3.63, 3.8) is 0 Å². The first-order valence-electron chi connectivity index (χ1n) is 13.4. The molecule has 5 rings (SSSR count). The van der Waals surface area contributed by atoms with E-state index in [-0.39, 0.29) is 36.3 Å². The number of nitrogens with two attached hydrogens (primary N) is 2. The van der Waals surface area contributed by atoms with Gasteiger partial charge in [-0.1, -0.05) is 0 Å². The van der Waals surface area contributed by atoms with Crippen LogP contribution in [0.15, 0.2) is 22.2 Å².